The molecule has 2 rings (SSSR count). The van der Waals surface area contributed by atoms with E-state index in [1.54, 1.807) is 26.8 Å². The highest BCUT2D eigenvalue weighted by atomic mass is 19.2. The van der Waals surface area contributed by atoms with E-state index in [2.05, 4.69) is 0 Å². The van der Waals surface area contributed by atoms with Crippen LogP contribution < -0.4 is 0 Å². The second kappa shape index (κ2) is 8.57. The molecule has 0 saturated carbocycles. The van der Waals surface area contributed by atoms with E-state index >= 15 is 0 Å². The normalized spacial score (nSPS) is 10.9. The van der Waals surface area contributed by atoms with E-state index in [1.807, 2.05) is 0 Å². The van der Waals surface area contributed by atoms with Gasteiger partial charge in [0.05, 0.1) is 0 Å². The summed E-state index contributed by atoms with van der Waals surface area (Å²) in [7, 11) is 0. The van der Waals surface area contributed by atoms with Crippen molar-refractivity contribution in [1.82, 2.24) is 0 Å². The van der Waals surface area contributed by atoms with Crippen molar-refractivity contribution in [1.29, 1.82) is 0 Å². The standard InChI is InChI=1S/C9H8F4.C9H8F2/c1-4(2)5-3-6(10)8(12)9(13)7(5)11;1-2-4-7-5-3-6-8(10)9(7)11/h3-4H,1-2H3;2-6H,1H3/b;4-2-. The molecule has 0 aliphatic rings. The maximum atomic E-state index is 12.9. The Morgan fingerprint density at radius 2 is 1.42 bits per heavy atom. The Bertz CT molecular complexity index is 735. The van der Waals surface area contributed by atoms with Crippen LogP contribution in [0.4, 0.5) is 26.3 Å². The van der Waals surface area contributed by atoms with Gasteiger partial charge in [0.1, 0.15) is 0 Å². The molecule has 0 fully saturated rings. The molecule has 0 aliphatic carbocycles. The Morgan fingerprint density at radius 1 is 0.792 bits per heavy atom. The molecule has 0 N–H and O–H groups in total. The van der Waals surface area contributed by atoms with Crippen LogP contribution in [0.3, 0.4) is 0 Å². The van der Waals surface area contributed by atoms with Crippen LogP contribution in [0.15, 0.2) is 30.3 Å². The first-order valence-electron chi connectivity index (χ1n) is 7.10. The van der Waals surface area contributed by atoms with Crippen LogP contribution >= 0.6 is 0 Å². The molecule has 0 spiro atoms. The summed E-state index contributed by atoms with van der Waals surface area (Å²) in [6, 6.07) is 4.78. The van der Waals surface area contributed by atoms with Crippen LogP contribution in [0.5, 0.6) is 0 Å². The average molecular weight is 346 g/mol. The third-order valence-corrected chi connectivity index (χ3v) is 3.08. The fraction of sp³-hybridized carbons (Fsp3) is 0.222. The number of benzene rings is 2. The molecular weight excluding hydrogens is 330 g/mol. The summed E-state index contributed by atoms with van der Waals surface area (Å²) in [5, 5.41) is 0. The van der Waals surface area contributed by atoms with Crippen molar-refractivity contribution in [2.75, 3.05) is 0 Å². The largest absolute Gasteiger partial charge is 0.204 e. The molecule has 0 bridgehead atoms. The summed E-state index contributed by atoms with van der Waals surface area (Å²) in [4.78, 5) is 0. The van der Waals surface area contributed by atoms with Crippen LogP contribution in [-0.2, 0) is 0 Å². The van der Waals surface area contributed by atoms with Crippen LogP contribution in [-0.4, -0.2) is 0 Å². The van der Waals surface area contributed by atoms with Crippen molar-refractivity contribution in [3.05, 3.63) is 76.4 Å². The third-order valence-electron chi connectivity index (χ3n) is 3.08. The van der Waals surface area contributed by atoms with Gasteiger partial charge in [-0.3, -0.25) is 0 Å². The van der Waals surface area contributed by atoms with Crippen LogP contribution in [0.1, 0.15) is 37.8 Å². The summed E-state index contributed by atoms with van der Waals surface area (Å²) in [6.45, 7) is 4.88. The molecule has 2 aromatic carbocycles. The van der Waals surface area contributed by atoms with Crippen molar-refractivity contribution < 1.29 is 26.3 Å². The van der Waals surface area contributed by atoms with Gasteiger partial charge in [-0.15, -0.1) is 0 Å². The molecule has 24 heavy (non-hydrogen) atoms. The molecule has 0 radical (unpaired) electrons. The number of hydrogen-bond donors (Lipinski definition) is 0. The molecule has 0 amide bonds. The van der Waals surface area contributed by atoms with Crippen molar-refractivity contribution >= 4 is 6.08 Å². The first-order chi connectivity index (χ1) is 11.2. The van der Waals surface area contributed by atoms with Crippen LogP contribution in [0.2, 0.25) is 0 Å². The monoisotopic (exact) mass is 346 g/mol. The lowest BCUT2D eigenvalue weighted by atomic mass is 10.0. The highest BCUT2D eigenvalue weighted by molar-refractivity contribution is 5.49. The molecule has 0 aromatic heterocycles. The maximum absolute atomic E-state index is 12.9. The van der Waals surface area contributed by atoms with E-state index in [0.29, 0.717) is 6.07 Å². The molecule has 6 heteroatoms. The number of allylic oxidation sites excluding steroid dienone is 1. The minimum absolute atomic E-state index is 0.156. The van der Waals surface area contributed by atoms with Gasteiger partial charge < -0.3 is 0 Å². The Kier molecular flexibility index (Phi) is 7.07. The van der Waals surface area contributed by atoms with E-state index in [-0.39, 0.29) is 17.0 Å². The topological polar surface area (TPSA) is 0 Å². The first kappa shape index (κ1) is 19.8. The van der Waals surface area contributed by atoms with Gasteiger partial charge in [0.15, 0.2) is 34.9 Å². The van der Waals surface area contributed by atoms with Crippen LogP contribution in [0, 0.1) is 34.9 Å². The average Bonchev–Trinajstić information content (AvgIpc) is 2.54. The van der Waals surface area contributed by atoms with Gasteiger partial charge >= 0.3 is 0 Å². The minimum atomic E-state index is -1.76. The van der Waals surface area contributed by atoms with E-state index in [9.17, 15) is 26.3 Å². The number of halogens is 6. The summed E-state index contributed by atoms with van der Waals surface area (Å²) < 4.78 is 75.8. The zero-order chi connectivity index (χ0) is 18.4. The Hall–Kier alpha value is -2.24. The van der Waals surface area contributed by atoms with Gasteiger partial charge in [0, 0.05) is 5.56 Å². The Balaban J connectivity index is 0.000000243. The summed E-state index contributed by atoms with van der Waals surface area (Å²) >= 11 is 0. The van der Waals surface area contributed by atoms with Crippen LogP contribution in [0.25, 0.3) is 6.08 Å². The molecular formula is C18H16F6. The predicted octanol–water partition coefficient (Wildman–Crippen LogP) is 6.36. The smallest absolute Gasteiger partial charge is 0.197 e. The van der Waals surface area contributed by atoms with Gasteiger partial charge in [-0.25, -0.2) is 26.3 Å². The molecule has 2 aromatic rings. The molecule has 0 aliphatic heterocycles. The predicted molar refractivity (Wildman–Crippen MR) is 81.4 cm³/mol. The fourth-order valence-electron chi connectivity index (χ4n) is 1.84. The first-order valence-corrected chi connectivity index (χ1v) is 7.10. The summed E-state index contributed by atoms with van der Waals surface area (Å²) in [5.74, 6) is -8.15. The lowest BCUT2D eigenvalue weighted by molar-refractivity contribution is 0.401. The molecule has 0 unspecified atom stereocenters. The molecule has 0 heterocycles. The second-order valence-corrected chi connectivity index (χ2v) is 5.19. The molecule has 0 nitrogen and oxygen atoms in total. The SMILES string of the molecule is C/C=C\c1cccc(F)c1F.CC(C)c1cc(F)c(F)c(F)c1F. The minimum Gasteiger partial charge on any atom is -0.204 e. The van der Waals surface area contributed by atoms with Gasteiger partial charge in [-0.1, -0.05) is 38.1 Å². The molecule has 0 saturated heterocycles. The maximum Gasteiger partial charge on any atom is 0.197 e. The quantitative estimate of drug-likeness (QED) is 0.337. The van der Waals surface area contributed by atoms with Gasteiger partial charge in [0.2, 0.25) is 0 Å². The van der Waals surface area contributed by atoms with Crippen molar-refractivity contribution in [2.45, 2.75) is 26.7 Å². The van der Waals surface area contributed by atoms with Gasteiger partial charge in [-0.05, 0) is 30.5 Å². The third kappa shape index (κ3) is 4.63. The zero-order valence-electron chi connectivity index (χ0n) is 13.3. The number of rotatable bonds is 2. The van der Waals surface area contributed by atoms with Crippen molar-refractivity contribution in [2.24, 2.45) is 0 Å². The van der Waals surface area contributed by atoms with Gasteiger partial charge in [0.25, 0.3) is 0 Å². The van der Waals surface area contributed by atoms with E-state index < -0.39 is 34.9 Å². The summed E-state index contributed by atoms with van der Waals surface area (Å²) in [5.41, 5.74) is 0.129. The van der Waals surface area contributed by atoms with E-state index in [0.717, 1.165) is 6.07 Å². The van der Waals surface area contributed by atoms with E-state index in [1.165, 1.54) is 18.2 Å². The zero-order valence-corrected chi connectivity index (χ0v) is 13.3. The second-order valence-electron chi connectivity index (χ2n) is 5.19. The Morgan fingerprint density at radius 3 is 1.96 bits per heavy atom. The van der Waals surface area contributed by atoms with Crippen molar-refractivity contribution in [3.8, 4) is 0 Å². The molecule has 0 atom stereocenters. The lowest BCUT2D eigenvalue weighted by Crippen LogP contribution is -2.02. The Labute approximate surface area is 136 Å². The molecule has 130 valence electrons. The summed E-state index contributed by atoms with van der Waals surface area (Å²) in [6.07, 6.45) is 3.19. The van der Waals surface area contributed by atoms with Crippen molar-refractivity contribution in [3.63, 3.8) is 0 Å². The van der Waals surface area contributed by atoms with Gasteiger partial charge in [-0.2, -0.15) is 0 Å². The highest BCUT2D eigenvalue weighted by Gasteiger charge is 2.19. The number of hydrogen-bond acceptors (Lipinski definition) is 0. The highest BCUT2D eigenvalue weighted by Crippen LogP contribution is 2.24. The fourth-order valence-corrected chi connectivity index (χ4v) is 1.84. The van der Waals surface area contributed by atoms with E-state index in [4.69, 9.17) is 0 Å². The lowest BCUT2D eigenvalue weighted by Gasteiger charge is -2.08.